The summed E-state index contributed by atoms with van der Waals surface area (Å²) in [6.45, 7) is 1.93. The lowest BCUT2D eigenvalue weighted by molar-refractivity contribution is -0.136. The summed E-state index contributed by atoms with van der Waals surface area (Å²) in [5.74, 6) is 2.17. The van der Waals surface area contributed by atoms with Crippen molar-refractivity contribution in [3.8, 4) is 28.7 Å². The van der Waals surface area contributed by atoms with E-state index in [1.807, 2.05) is 25.1 Å². The number of ether oxygens (including phenoxy) is 5. The summed E-state index contributed by atoms with van der Waals surface area (Å²) in [6.07, 6.45) is 0.325. The molecule has 0 aliphatic heterocycles. The first-order valence-corrected chi connectivity index (χ1v) is 9.43. The van der Waals surface area contributed by atoms with Crippen LogP contribution in [0.15, 0.2) is 18.2 Å². The van der Waals surface area contributed by atoms with E-state index in [1.165, 1.54) is 0 Å². The molecule has 7 heteroatoms. The fourth-order valence-electron chi connectivity index (χ4n) is 4.06. The summed E-state index contributed by atoms with van der Waals surface area (Å²) in [4.78, 5) is 11.2. The lowest BCUT2D eigenvalue weighted by Crippen LogP contribution is -2.04. The molecule has 0 radical (unpaired) electrons. The van der Waals surface area contributed by atoms with E-state index in [1.54, 1.807) is 35.5 Å². The van der Waals surface area contributed by atoms with Crippen LogP contribution in [0.25, 0.3) is 21.5 Å². The molecule has 0 fully saturated rings. The Morgan fingerprint density at radius 3 is 1.80 bits per heavy atom. The summed E-state index contributed by atoms with van der Waals surface area (Å²) < 4.78 is 28.5. The fourth-order valence-corrected chi connectivity index (χ4v) is 4.06. The molecule has 0 amide bonds. The smallest absolute Gasteiger partial charge is 0.303 e. The van der Waals surface area contributed by atoms with Crippen LogP contribution in [0.4, 0.5) is 0 Å². The number of hydrogen-bond acceptors (Lipinski definition) is 6. The van der Waals surface area contributed by atoms with Gasteiger partial charge in [0.15, 0.2) is 0 Å². The molecule has 160 valence electrons. The topological polar surface area (TPSA) is 83.5 Å². The van der Waals surface area contributed by atoms with E-state index in [0.717, 1.165) is 32.7 Å². The molecule has 1 N–H and O–H groups in total. The minimum Gasteiger partial charge on any atom is -0.496 e. The van der Waals surface area contributed by atoms with Crippen LogP contribution in [0.1, 0.15) is 17.5 Å². The van der Waals surface area contributed by atoms with Crippen molar-refractivity contribution >= 4 is 27.5 Å². The normalized spacial score (nSPS) is 10.9. The van der Waals surface area contributed by atoms with Crippen molar-refractivity contribution in [2.24, 2.45) is 0 Å². The van der Waals surface area contributed by atoms with Gasteiger partial charge in [-0.25, -0.2) is 0 Å². The van der Waals surface area contributed by atoms with Crippen molar-refractivity contribution in [3.63, 3.8) is 0 Å². The zero-order valence-corrected chi connectivity index (χ0v) is 18.0. The predicted molar refractivity (Wildman–Crippen MR) is 115 cm³/mol. The minimum atomic E-state index is -0.869. The number of carbonyl (C=O) groups is 1. The van der Waals surface area contributed by atoms with Gasteiger partial charge in [-0.1, -0.05) is 0 Å². The molecule has 0 atom stereocenters. The molecule has 0 heterocycles. The van der Waals surface area contributed by atoms with Gasteiger partial charge in [-0.3, -0.25) is 4.79 Å². The number of aryl methyl sites for hydroxylation is 1. The Balaban J connectivity index is 2.58. The van der Waals surface area contributed by atoms with Crippen LogP contribution >= 0.6 is 0 Å². The van der Waals surface area contributed by atoms with Gasteiger partial charge in [0.1, 0.15) is 28.7 Å². The second-order valence-electron chi connectivity index (χ2n) is 6.79. The van der Waals surface area contributed by atoms with E-state index in [2.05, 4.69) is 0 Å². The monoisotopic (exact) mass is 414 g/mol. The zero-order valence-electron chi connectivity index (χ0n) is 18.0. The number of fused-ring (bicyclic) bond motifs is 2. The maximum Gasteiger partial charge on any atom is 0.303 e. The van der Waals surface area contributed by atoms with Crippen molar-refractivity contribution in [2.45, 2.75) is 19.8 Å². The molecule has 7 nitrogen and oxygen atoms in total. The molecule has 0 aliphatic rings. The largest absolute Gasteiger partial charge is 0.496 e. The number of aliphatic carboxylic acids is 1. The molecule has 3 rings (SSSR count). The standard InChI is InChI=1S/C23H26O7/c1-12-13(7-10-18(24)25)17(28-4)11-14-19(12)23(30-6)21-16(27-3)9-8-15(26-2)20(21)22(14)29-5/h8-9,11H,7,10H2,1-6H3,(H,24,25). The second-order valence-corrected chi connectivity index (χ2v) is 6.79. The molecule has 0 saturated carbocycles. The van der Waals surface area contributed by atoms with Crippen LogP contribution in [-0.4, -0.2) is 46.6 Å². The summed E-state index contributed by atoms with van der Waals surface area (Å²) >= 11 is 0. The first-order valence-electron chi connectivity index (χ1n) is 9.43. The van der Waals surface area contributed by atoms with Crippen molar-refractivity contribution in [1.29, 1.82) is 0 Å². The van der Waals surface area contributed by atoms with E-state index in [-0.39, 0.29) is 6.42 Å². The molecular formula is C23H26O7. The molecule has 0 aliphatic carbocycles. The van der Waals surface area contributed by atoms with E-state index in [0.29, 0.717) is 35.2 Å². The fraction of sp³-hybridized carbons (Fsp3) is 0.348. The molecule has 3 aromatic rings. The number of benzene rings is 3. The van der Waals surface area contributed by atoms with Crippen LogP contribution < -0.4 is 23.7 Å². The maximum absolute atomic E-state index is 11.2. The van der Waals surface area contributed by atoms with Gasteiger partial charge in [0.05, 0.1) is 46.3 Å². The molecular weight excluding hydrogens is 388 g/mol. The lowest BCUT2D eigenvalue weighted by Gasteiger charge is -2.22. The van der Waals surface area contributed by atoms with Crippen LogP contribution in [-0.2, 0) is 11.2 Å². The summed E-state index contributed by atoms with van der Waals surface area (Å²) in [5, 5.41) is 12.2. The Labute approximate surface area is 175 Å². The van der Waals surface area contributed by atoms with Crippen molar-refractivity contribution in [1.82, 2.24) is 0 Å². The lowest BCUT2D eigenvalue weighted by atomic mass is 9.91. The van der Waals surface area contributed by atoms with Crippen molar-refractivity contribution in [2.75, 3.05) is 35.5 Å². The van der Waals surface area contributed by atoms with E-state index < -0.39 is 5.97 Å². The third-order valence-corrected chi connectivity index (χ3v) is 5.38. The first kappa shape index (κ1) is 21.4. The van der Waals surface area contributed by atoms with Crippen molar-refractivity contribution < 1.29 is 33.6 Å². The van der Waals surface area contributed by atoms with Crippen LogP contribution in [0.5, 0.6) is 28.7 Å². The zero-order chi connectivity index (χ0) is 22.0. The van der Waals surface area contributed by atoms with Gasteiger partial charge in [-0.2, -0.15) is 0 Å². The highest BCUT2D eigenvalue weighted by atomic mass is 16.5. The van der Waals surface area contributed by atoms with Gasteiger partial charge < -0.3 is 28.8 Å². The third kappa shape index (κ3) is 3.30. The summed E-state index contributed by atoms with van der Waals surface area (Å²) in [6, 6.07) is 5.50. The van der Waals surface area contributed by atoms with Crippen LogP contribution in [0.3, 0.4) is 0 Å². The maximum atomic E-state index is 11.2. The van der Waals surface area contributed by atoms with Crippen molar-refractivity contribution in [3.05, 3.63) is 29.3 Å². The quantitative estimate of drug-likeness (QED) is 0.548. The number of carboxylic acid groups (broad SMARTS) is 1. The molecule has 3 aromatic carbocycles. The number of carboxylic acids is 1. The summed E-state index contributed by atoms with van der Waals surface area (Å²) in [5.41, 5.74) is 1.68. The van der Waals surface area contributed by atoms with Crippen LogP contribution in [0, 0.1) is 6.92 Å². The minimum absolute atomic E-state index is 0.00706. The van der Waals surface area contributed by atoms with Gasteiger partial charge in [0.2, 0.25) is 0 Å². The van der Waals surface area contributed by atoms with Gasteiger partial charge in [0.25, 0.3) is 0 Å². The first-order chi connectivity index (χ1) is 14.4. The van der Waals surface area contributed by atoms with Gasteiger partial charge >= 0.3 is 5.97 Å². The predicted octanol–water partition coefficient (Wildman–Crippen LogP) is 4.36. The van der Waals surface area contributed by atoms with E-state index in [9.17, 15) is 9.90 Å². The average molecular weight is 414 g/mol. The third-order valence-electron chi connectivity index (χ3n) is 5.38. The molecule has 0 spiro atoms. The van der Waals surface area contributed by atoms with Gasteiger partial charge in [-0.05, 0) is 42.7 Å². The highest BCUT2D eigenvalue weighted by Crippen LogP contribution is 2.52. The van der Waals surface area contributed by atoms with Gasteiger partial charge in [0, 0.05) is 17.2 Å². The molecule has 0 aromatic heterocycles. The Morgan fingerprint density at radius 2 is 1.33 bits per heavy atom. The van der Waals surface area contributed by atoms with E-state index in [4.69, 9.17) is 23.7 Å². The molecule has 30 heavy (non-hydrogen) atoms. The molecule has 0 bridgehead atoms. The Bertz CT molecular complexity index is 1120. The SMILES string of the molecule is COc1cc2c(OC)c3c(OC)ccc(OC)c3c(OC)c2c(C)c1CCC(=O)O. The molecule has 0 unspecified atom stereocenters. The average Bonchev–Trinajstić information content (AvgIpc) is 2.75. The van der Waals surface area contributed by atoms with E-state index >= 15 is 0 Å². The number of methoxy groups -OCH3 is 5. The highest BCUT2D eigenvalue weighted by molar-refractivity contribution is 6.16. The Kier molecular flexibility index (Phi) is 6.10. The summed E-state index contributed by atoms with van der Waals surface area (Å²) in [7, 11) is 7.95. The van der Waals surface area contributed by atoms with Gasteiger partial charge in [-0.15, -0.1) is 0 Å². The number of hydrogen-bond donors (Lipinski definition) is 1. The van der Waals surface area contributed by atoms with Crippen LogP contribution in [0.2, 0.25) is 0 Å². The highest BCUT2D eigenvalue weighted by Gasteiger charge is 2.25. The second kappa shape index (κ2) is 8.57. The molecule has 0 saturated heterocycles. The Morgan fingerprint density at radius 1 is 0.800 bits per heavy atom. The Hall–Kier alpha value is -3.35. The number of rotatable bonds is 8.